The van der Waals surface area contributed by atoms with Gasteiger partial charge in [-0.2, -0.15) is 40.3 Å². The number of ether oxygens (including phenoxy) is 2. The number of aliphatic hydroxyl groups is 6. The number of carbonyl (C=O) groups is 2. The van der Waals surface area contributed by atoms with Gasteiger partial charge in [0.05, 0.1) is 31.1 Å². The van der Waals surface area contributed by atoms with Crippen LogP contribution in [-0.2, 0) is 32.7 Å². The summed E-state index contributed by atoms with van der Waals surface area (Å²) in [5, 5.41) is 75.9. The van der Waals surface area contributed by atoms with Gasteiger partial charge >= 0.3 is 64.8 Å². The van der Waals surface area contributed by atoms with E-state index in [4.69, 9.17) is 15.2 Å². The molecule has 0 aromatic carbocycles. The van der Waals surface area contributed by atoms with Gasteiger partial charge in [0.2, 0.25) is 11.7 Å². The molecule has 20 nitrogen and oxygen atoms in total. The summed E-state index contributed by atoms with van der Waals surface area (Å²) in [6.45, 7) is 38.0. The molecule has 11 atom stereocenters. The maximum atomic E-state index is 12.8. The van der Waals surface area contributed by atoms with Gasteiger partial charge in [0.1, 0.15) is 48.4 Å². The van der Waals surface area contributed by atoms with Crippen LogP contribution in [0, 0.1) is 0 Å². The molecule has 1 aromatic rings. The number of nitrogens with zero attached hydrogens (tertiary/aromatic N) is 2. The summed E-state index contributed by atoms with van der Waals surface area (Å²) in [5.41, 5.74) is 4.45. The molecular formula is C58H129N4Na2O16PS5. The number of thioether (sulfide) groups is 3. The second-order valence-electron chi connectivity index (χ2n) is 16.4. The number of aromatic nitrogens is 2. The van der Waals surface area contributed by atoms with E-state index < -0.39 is 106 Å². The summed E-state index contributed by atoms with van der Waals surface area (Å²) in [6, 6.07) is -0.439. The van der Waals surface area contributed by atoms with E-state index in [0.717, 1.165) is 21.6 Å². The van der Waals surface area contributed by atoms with Gasteiger partial charge in [-0.25, -0.2) is 4.79 Å². The standard InChI is InChI=1S/C22H35N4O16PS2.3C5H12S.3C4H10.3C2H6.3CH4.2Na/c1-2-44-45-8-13(30)25-14-9(28)5-22(20(34)35,41-18(14)15(31)10(29)6-27)42-43(37,38)39-7-11-16(32)17(33)19(40-11)26-4-3-12(23)24-21(26)36;3*1-3-5-6-4-2;3*1-3-4-2;3*1-2;;;;;/h3-4,9-11,14-19,27-29,31-33H,2,5-8H2,1H3,(H,25,30)(H,34,35)(H,37,38)(H2,23,24,36);3*3-5H2,1-2H3;3*3-4H2,1-2H3;3*1-2H3;3*1H4;;/q;;;;;;;;;;;;;2*+1/p-2/t9?,10-,11?,14?,15-,16?,17?,18?,19?,22?;;;;;;;;;;;;;;/m1............../s1. The number of nitrogens with two attached hydrogens (primary N) is 1. The first-order valence-corrected chi connectivity index (χ1v) is 36.8. The molecule has 28 heteroatoms. The molecule has 9 unspecified atom stereocenters. The smallest absolute Gasteiger partial charge is 0.756 e. The summed E-state index contributed by atoms with van der Waals surface area (Å²) in [6.07, 6.45) is -3.32. The van der Waals surface area contributed by atoms with E-state index in [1.54, 1.807) is 0 Å². The Morgan fingerprint density at radius 2 is 1.17 bits per heavy atom. The van der Waals surface area contributed by atoms with E-state index in [9.17, 15) is 59.6 Å². The number of amides is 1. The van der Waals surface area contributed by atoms with Crippen LogP contribution in [0.15, 0.2) is 17.1 Å². The predicted octanol–water partition coefficient (Wildman–Crippen LogP) is 5.01. The zero-order valence-electron chi connectivity index (χ0n) is 55.2. The molecule has 2 aliphatic rings. The van der Waals surface area contributed by atoms with Crippen LogP contribution in [0.2, 0.25) is 0 Å². The number of anilines is 1. The van der Waals surface area contributed by atoms with Gasteiger partial charge in [-0.05, 0) is 59.8 Å². The van der Waals surface area contributed by atoms with E-state index in [1.807, 2.05) is 83.8 Å². The van der Waals surface area contributed by atoms with E-state index in [2.05, 4.69) is 102 Å². The number of carboxylic acids is 1. The van der Waals surface area contributed by atoms with Crippen LogP contribution in [0.5, 0.6) is 0 Å². The van der Waals surface area contributed by atoms with Gasteiger partial charge in [0.15, 0.2) is 6.23 Å². The summed E-state index contributed by atoms with van der Waals surface area (Å²) < 4.78 is 33.5. The van der Waals surface area contributed by atoms with E-state index in [-0.39, 0.29) is 93.0 Å². The van der Waals surface area contributed by atoms with Gasteiger partial charge in [0, 0.05) is 18.4 Å². The summed E-state index contributed by atoms with van der Waals surface area (Å²) in [5.74, 6) is 1.70. The van der Waals surface area contributed by atoms with Crippen LogP contribution < -0.4 is 85.9 Å². The number of carbonyl (C=O) groups excluding carboxylic acids is 2. The van der Waals surface area contributed by atoms with Crippen LogP contribution in [0.25, 0.3) is 0 Å². The minimum atomic E-state index is -5.83. The van der Waals surface area contributed by atoms with Crippen LogP contribution >= 0.6 is 64.7 Å². The average molecular weight is 1380 g/mol. The summed E-state index contributed by atoms with van der Waals surface area (Å²) in [4.78, 5) is 53.0. The zero-order chi connectivity index (χ0) is 64.4. The number of phosphoric ester groups is 1. The van der Waals surface area contributed by atoms with Crippen molar-refractivity contribution in [3.63, 3.8) is 0 Å². The van der Waals surface area contributed by atoms with Crippen molar-refractivity contribution >= 4 is 82.4 Å². The number of hydrogen-bond acceptors (Lipinski definition) is 23. The number of phosphoric acid groups is 1. The van der Waals surface area contributed by atoms with E-state index >= 15 is 0 Å². The molecule has 0 spiro atoms. The number of unbranched alkanes of at least 4 members (excludes halogenated alkanes) is 3. The van der Waals surface area contributed by atoms with Crippen molar-refractivity contribution in [1.29, 1.82) is 0 Å². The summed E-state index contributed by atoms with van der Waals surface area (Å²) in [7, 11) is -3.36. The number of aliphatic carboxylic acids is 1. The first kappa shape index (κ1) is 115. The van der Waals surface area contributed by atoms with Crippen LogP contribution in [0.3, 0.4) is 0 Å². The van der Waals surface area contributed by atoms with Gasteiger partial charge in [-0.15, -0.1) is 0 Å². The molecule has 514 valence electrons. The topological polar surface area (TPSA) is 329 Å². The Labute approximate surface area is 590 Å². The Morgan fingerprint density at radius 3 is 1.50 bits per heavy atom. The zero-order valence-corrected chi connectivity index (χ0v) is 64.2. The maximum absolute atomic E-state index is 12.8. The number of hydrogen-bond donors (Lipinski definition) is 8. The average Bonchev–Trinajstić information content (AvgIpc) is 3.92. The van der Waals surface area contributed by atoms with E-state index in [1.165, 1.54) is 109 Å². The second kappa shape index (κ2) is 80.4. The molecule has 2 saturated heterocycles. The Kier molecular flexibility index (Phi) is 107. The SMILES string of the molecule is C.C.C.CC.CC.CC.CCCC.CCCC.CCCC.CCCSCC.CCCSCC.CCCSCC.CCSSCC(=O)NC1C(O)CC(OP(=O)([O-])OCC2OC(n3ccc(N)nc3=O)C(O)C2O)(C(=O)[O-])OC1[C@H](O)[C@H](O)CO.[Na+].[Na+]. The van der Waals surface area contributed by atoms with Crippen LogP contribution in [-0.4, -0.2) is 166 Å². The molecule has 1 amide bonds. The molecule has 2 aliphatic heterocycles. The molecule has 0 aliphatic carbocycles. The Hall–Kier alpha value is 1.16. The molecule has 0 radical (unpaired) electrons. The Bertz CT molecular complexity index is 1590. The van der Waals surface area contributed by atoms with Crippen molar-refractivity contribution in [2.24, 2.45) is 0 Å². The summed E-state index contributed by atoms with van der Waals surface area (Å²) >= 11 is 6.02. The molecular weight excluding hydrogens is 1250 g/mol. The second-order valence-corrected chi connectivity index (χ2v) is 24.7. The molecule has 3 rings (SSSR count). The largest absolute Gasteiger partial charge is 1.00 e. The third kappa shape index (κ3) is 58.9. The molecule has 3 heterocycles. The fourth-order valence-electron chi connectivity index (χ4n) is 5.34. The van der Waals surface area contributed by atoms with Crippen molar-refractivity contribution in [3.05, 3.63) is 22.7 Å². The molecule has 1 aromatic heterocycles. The third-order valence-corrected chi connectivity index (χ3v) is 16.4. The fraction of sp³-hybridized carbons (Fsp3) is 0.897. The number of aliphatic hydroxyl groups excluding tert-OH is 6. The van der Waals surface area contributed by atoms with Crippen molar-refractivity contribution in [1.82, 2.24) is 14.9 Å². The normalized spacial score (nSPS) is 20.3. The molecule has 86 heavy (non-hydrogen) atoms. The van der Waals surface area contributed by atoms with Gasteiger partial charge in [-0.3, -0.25) is 18.5 Å². The third-order valence-electron chi connectivity index (χ3n) is 9.80. The number of carboxylic acid groups (broad SMARTS) is 1. The molecule has 0 saturated carbocycles. The minimum Gasteiger partial charge on any atom is -0.756 e. The Balaban J connectivity index is -0.000000109. The monoisotopic (exact) mass is 1370 g/mol. The predicted molar refractivity (Wildman–Crippen MR) is 364 cm³/mol. The van der Waals surface area contributed by atoms with Gasteiger partial charge < -0.3 is 70.5 Å². The number of nitrogens with one attached hydrogen (secondary N) is 1. The number of rotatable bonds is 27. The fourth-order valence-corrected chi connectivity index (χ4v) is 9.52. The molecule has 9 N–H and O–H groups in total. The molecule has 2 fully saturated rings. The van der Waals surface area contributed by atoms with Gasteiger partial charge in [0.25, 0.3) is 7.82 Å². The minimum absolute atomic E-state index is 0. The van der Waals surface area contributed by atoms with Crippen molar-refractivity contribution < 1.29 is 132 Å². The van der Waals surface area contributed by atoms with E-state index in [0.29, 0.717) is 5.75 Å². The van der Waals surface area contributed by atoms with Crippen LogP contribution in [0.4, 0.5) is 5.82 Å². The maximum Gasteiger partial charge on any atom is 1.00 e. The quantitative estimate of drug-likeness (QED) is 0.0248. The Morgan fingerprint density at radius 1 is 0.756 bits per heavy atom. The first-order valence-electron chi connectivity index (χ1n) is 29.4. The number of nitrogen functional groups attached to an aromatic ring is 1. The molecule has 0 bridgehead atoms. The van der Waals surface area contributed by atoms with Crippen molar-refractivity contribution in [2.75, 3.05) is 65.0 Å². The first-order chi connectivity index (χ1) is 38.5. The van der Waals surface area contributed by atoms with Crippen LogP contribution in [0.1, 0.15) is 224 Å². The van der Waals surface area contributed by atoms with Crippen molar-refractivity contribution in [3.8, 4) is 0 Å². The van der Waals surface area contributed by atoms with Gasteiger partial charge in [-0.1, -0.05) is 214 Å². The van der Waals surface area contributed by atoms with Crippen molar-refractivity contribution in [2.45, 2.75) is 279 Å².